The van der Waals surface area contributed by atoms with E-state index in [-0.39, 0.29) is 10.8 Å². The number of esters is 1. The van der Waals surface area contributed by atoms with E-state index in [1.165, 1.54) is 0 Å². The number of benzene rings is 2. The van der Waals surface area contributed by atoms with Crippen molar-refractivity contribution < 1.29 is 9.53 Å². The van der Waals surface area contributed by atoms with Gasteiger partial charge >= 0.3 is 5.97 Å². The van der Waals surface area contributed by atoms with Gasteiger partial charge in [-0.1, -0.05) is 34.1 Å². The van der Waals surface area contributed by atoms with Gasteiger partial charge in [0.25, 0.3) is 0 Å². The number of hydrogen-bond donors (Lipinski definition) is 0. The van der Waals surface area contributed by atoms with Crippen LogP contribution >= 0.6 is 15.9 Å². The van der Waals surface area contributed by atoms with Gasteiger partial charge in [-0.3, -0.25) is 4.79 Å². The second kappa shape index (κ2) is 6.96. The zero-order chi connectivity index (χ0) is 14.4. The maximum absolute atomic E-state index is 11.4. The van der Waals surface area contributed by atoms with Crippen LogP contribution in [-0.2, 0) is 4.79 Å². The Morgan fingerprint density at radius 2 is 1.55 bits per heavy atom. The maximum atomic E-state index is 11.4. The minimum absolute atomic E-state index is 0.330. The summed E-state index contributed by atoms with van der Waals surface area (Å²) >= 11 is 3.15. The molecule has 0 saturated carbocycles. The molecule has 0 aliphatic rings. The SMILES string of the molecule is CC(Br)C(=O)Oc1ccc(N=Nc2ccccc2)cc1. The molecule has 2 aromatic rings. The van der Waals surface area contributed by atoms with Crippen molar-refractivity contribution in [2.24, 2.45) is 10.2 Å². The Morgan fingerprint density at radius 1 is 1.00 bits per heavy atom. The van der Waals surface area contributed by atoms with Crippen LogP contribution in [0, 0.1) is 0 Å². The molecule has 0 amide bonds. The molecular formula is C15H13BrN2O2. The van der Waals surface area contributed by atoms with E-state index in [4.69, 9.17) is 4.74 Å². The van der Waals surface area contributed by atoms with Crippen LogP contribution in [0.1, 0.15) is 6.92 Å². The van der Waals surface area contributed by atoms with Gasteiger partial charge in [0.05, 0.1) is 11.4 Å². The lowest BCUT2D eigenvalue weighted by molar-refractivity contribution is -0.133. The van der Waals surface area contributed by atoms with Gasteiger partial charge in [-0.25, -0.2) is 0 Å². The normalized spacial score (nSPS) is 12.3. The van der Waals surface area contributed by atoms with Gasteiger partial charge in [-0.2, -0.15) is 10.2 Å². The fourth-order valence-corrected chi connectivity index (χ4v) is 1.48. The molecule has 1 atom stereocenters. The molecule has 0 aromatic heterocycles. The highest BCUT2D eigenvalue weighted by molar-refractivity contribution is 9.10. The molecule has 102 valence electrons. The van der Waals surface area contributed by atoms with Crippen LogP contribution in [0.2, 0.25) is 0 Å². The number of azo groups is 1. The van der Waals surface area contributed by atoms with Gasteiger partial charge < -0.3 is 4.74 Å². The van der Waals surface area contributed by atoms with Crippen LogP contribution in [-0.4, -0.2) is 10.8 Å². The maximum Gasteiger partial charge on any atom is 0.324 e. The van der Waals surface area contributed by atoms with Gasteiger partial charge in [-0.05, 0) is 43.3 Å². The van der Waals surface area contributed by atoms with Crippen molar-refractivity contribution in [3.05, 3.63) is 54.6 Å². The van der Waals surface area contributed by atoms with Gasteiger partial charge in [0.1, 0.15) is 10.6 Å². The molecule has 2 aromatic carbocycles. The molecule has 0 heterocycles. The third-order valence-electron chi connectivity index (χ3n) is 2.42. The minimum Gasteiger partial charge on any atom is -0.426 e. The second-order valence-corrected chi connectivity index (χ2v) is 5.44. The molecule has 0 saturated heterocycles. The number of carbonyl (C=O) groups excluding carboxylic acids is 1. The van der Waals surface area contributed by atoms with Crippen LogP contribution in [0.5, 0.6) is 5.75 Å². The Kier molecular flexibility index (Phi) is 5.01. The number of nitrogens with zero attached hydrogens (tertiary/aromatic N) is 2. The third-order valence-corrected chi connectivity index (χ3v) is 2.79. The number of ether oxygens (including phenoxy) is 1. The fraction of sp³-hybridized carbons (Fsp3) is 0.133. The first-order valence-electron chi connectivity index (χ1n) is 6.08. The first-order valence-corrected chi connectivity index (χ1v) is 6.99. The first-order chi connectivity index (χ1) is 9.65. The Labute approximate surface area is 125 Å². The van der Waals surface area contributed by atoms with Crippen LogP contribution in [0.25, 0.3) is 0 Å². The predicted octanol–water partition coefficient (Wildman–Crippen LogP) is 4.79. The molecule has 0 N–H and O–H groups in total. The lowest BCUT2D eigenvalue weighted by Crippen LogP contribution is -2.16. The molecule has 2 rings (SSSR count). The summed E-state index contributed by atoms with van der Waals surface area (Å²) in [6.07, 6.45) is 0. The van der Waals surface area contributed by atoms with Crippen molar-refractivity contribution in [3.63, 3.8) is 0 Å². The van der Waals surface area contributed by atoms with E-state index in [2.05, 4.69) is 26.2 Å². The number of halogens is 1. The smallest absolute Gasteiger partial charge is 0.324 e. The molecule has 0 fully saturated rings. The summed E-state index contributed by atoms with van der Waals surface area (Å²) in [6.45, 7) is 1.71. The Hall–Kier alpha value is -2.01. The van der Waals surface area contributed by atoms with E-state index in [0.29, 0.717) is 11.4 Å². The van der Waals surface area contributed by atoms with Crippen molar-refractivity contribution in [2.45, 2.75) is 11.8 Å². The third kappa shape index (κ3) is 4.28. The monoisotopic (exact) mass is 332 g/mol. The first kappa shape index (κ1) is 14.4. The van der Waals surface area contributed by atoms with Gasteiger partial charge in [-0.15, -0.1) is 0 Å². The zero-order valence-corrected chi connectivity index (χ0v) is 12.4. The molecule has 1 unspecified atom stereocenters. The van der Waals surface area contributed by atoms with Crippen LogP contribution in [0.15, 0.2) is 64.8 Å². The highest BCUT2D eigenvalue weighted by Crippen LogP contribution is 2.21. The molecule has 0 radical (unpaired) electrons. The van der Waals surface area contributed by atoms with Crippen molar-refractivity contribution >= 4 is 33.3 Å². The van der Waals surface area contributed by atoms with Crippen LogP contribution in [0.4, 0.5) is 11.4 Å². The van der Waals surface area contributed by atoms with Gasteiger partial charge in [0.15, 0.2) is 0 Å². The summed E-state index contributed by atoms with van der Waals surface area (Å²) < 4.78 is 5.14. The average Bonchev–Trinajstić information content (AvgIpc) is 2.47. The van der Waals surface area contributed by atoms with Crippen molar-refractivity contribution in [3.8, 4) is 5.75 Å². The minimum atomic E-state index is -0.333. The predicted molar refractivity (Wildman–Crippen MR) is 81.1 cm³/mol. The Balaban J connectivity index is 2.02. The Morgan fingerprint density at radius 3 is 2.10 bits per heavy atom. The number of carbonyl (C=O) groups is 1. The summed E-state index contributed by atoms with van der Waals surface area (Å²) in [6, 6.07) is 16.3. The summed E-state index contributed by atoms with van der Waals surface area (Å²) in [5.74, 6) is 0.156. The molecule has 0 aliphatic carbocycles. The lowest BCUT2D eigenvalue weighted by Gasteiger charge is -2.05. The number of rotatable bonds is 4. The molecule has 5 heteroatoms. The van der Waals surface area contributed by atoms with E-state index < -0.39 is 0 Å². The van der Waals surface area contributed by atoms with Gasteiger partial charge in [0.2, 0.25) is 0 Å². The fourth-order valence-electron chi connectivity index (χ4n) is 1.39. The average molecular weight is 333 g/mol. The molecule has 4 nitrogen and oxygen atoms in total. The zero-order valence-electron chi connectivity index (χ0n) is 10.9. The molecule has 0 spiro atoms. The molecule has 0 aliphatic heterocycles. The van der Waals surface area contributed by atoms with Crippen LogP contribution in [0.3, 0.4) is 0 Å². The van der Waals surface area contributed by atoms with E-state index in [9.17, 15) is 4.79 Å². The number of alkyl halides is 1. The van der Waals surface area contributed by atoms with Crippen LogP contribution < -0.4 is 4.74 Å². The summed E-state index contributed by atoms with van der Waals surface area (Å²) in [5.41, 5.74) is 1.48. The standard InChI is InChI=1S/C15H13BrN2O2/c1-11(16)15(19)20-14-9-7-13(8-10-14)18-17-12-5-3-2-4-6-12/h2-11H,1H3. The largest absolute Gasteiger partial charge is 0.426 e. The second-order valence-electron chi connectivity index (χ2n) is 4.07. The van der Waals surface area contributed by atoms with E-state index in [1.54, 1.807) is 31.2 Å². The van der Waals surface area contributed by atoms with E-state index in [1.807, 2.05) is 30.3 Å². The topological polar surface area (TPSA) is 51.0 Å². The summed E-state index contributed by atoms with van der Waals surface area (Å²) in [5, 5.41) is 8.21. The molecular weight excluding hydrogens is 320 g/mol. The highest BCUT2D eigenvalue weighted by Gasteiger charge is 2.10. The highest BCUT2D eigenvalue weighted by atomic mass is 79.9. The van der Waals surface area contributed by atoms with Crippen molar-refractivity contribution in [2.75, 3.05) is 0 Å². The molecule has 0 bridgehead atoms. The Bertz CT molecular complexity index is 595. The lowest BCUT2D eigenvalue weighted by atomic mass is 10.3. The summed E-state index contributed by atoms with van der Waals surface area (Å²) in [7, 11) is 0. The van der Waals surface area contributed by atoms with E-state index >= 15 is 0 Å². The number of hydrogen-bond acceptors (Lipinski definition) is 4. The molecule has 20 heavy (non-hydrogen) atoms. The quantitative estimate of drug-likeness (QED) is 0.350. The van der Waals surface area contributed by atoms with Gasteiger partial charge in [0, 0.05) is 0 Å². The van der Waals surface area contributed by atoms with E-state index in [0.717, 1.165) is 5.69 Å². The van der Waals surface area contributed by atoms with Crippen molar-refractivity contribution in [1.82, 2.24) is 0 Å². The van der Waals surface area contributed by atoms with Crippen molar-refractivity contribution in [1.29, 1.82) is 0 Å². The summed E-state index contributed by atoms with van der Waals surface area (Å²) in [4.78, 5) is 11.1.